The van der Waals surface area contributed by atoms with Gasteiger partial charge in [-0.05, 0) is 0 Å². The Labute approximate surface area is 627 Å². The zero-order chi connectivity index (χ0) is 63.9. The molecule has 0 aliphatic heterocycles. The molecule has 42 nitrogen and oxygen atoms in total. The fourth-order valence-corrected chi connectivity index (χ4v) is 4.11. The Bertz CT molecular complexity index is 1810. The van der Waals surface area contributed by atoms with Crippen LogP contribution in [0.4, 0.5) is 0 Å². The summed E-state index contributed by atoms with van der Waals surface area (Å²) in [4.78, 5) is 180. The summed E-state index contributed by atoms with van der Waals surface area (Å²) in [6, 6.07) is 0. The van der Waals surface area contributed by atoms with Gasteiger partial charge in [0.05, 0.1) is 35.8 Å². The molecule has 0 heterocycles. The van der Waals surface area contributed by atoms with Gasteiger partial charge in [0, 0.05) is 149 Å². The maximum Gasteiger partial charge on any atom is 2.00 e. The fourth-order valence-electron chi connectivity index (χ4n) is 4.11. The van der Waals surface area contributed by atoms with Crippen molar-refractivity contribution in [2.45, 2.75) is 111 Å². The summed E-state index contributed by atoms with van der Waals surface area (Å²) in [5.74, 6) is -35.9. The van der Waals surface area contributed by atoms with E-state index in [2.05, 4.69) is 0 Å². The topological polar surface area (TPSA) is 844 Å². The van der Waals surface area contributed by atoms with Gasteiger partial charge in [0.15, 0.2) is 0 Å². The van der Waals surface area contributed by atoms with Gasteiger partial charge in [-0.2, -0.15) is 0 Å². The van der Waals surface area contributed by atoms with Crippen LogP contribution in [0.3, 0.4) is 0 Å². The molecule has 0 atom stereocenters. The first kappa shape index (κ1) is 122. The number of rotatable bonds is 30. The number of hydrogen-bond acceptors (Lipinski definition) is 42. The van der Waals surface area contributed by atoms with Gasteiger partial charge < -0.3 is 209 Å². The van der Waals surface area contributed by atoms with Gasteiger partial charge in [-0.25, -0.2) is 0 Å². The fraction of sp³-hybridized carbons (Fsp3) is 0.500. The molecule has 0 unspecified atom stereocenters. The van der Waals surface area contributed by atoms with Gasteiger partial charge in [0.25, 0.3) is 0 Å². The van der Waals surface area contributed by atoms with Crippen LogP contribution in [0.1, 0.15) is 77.0 Å². The molecule has 87 heavy (non-hydrogen) atoms. The molecule has 0 saturated carbocycles. The van der Waals surface area contributed by atoms with Crippen LogP contribution in [0.2, 0.25) is 0 Å². The molecule has 0 aromatic carbocycles. The minimum Gasteiger partial charge on any atom is -0.550 e. The van der Waals surface area contributed by atoms with Gasteiger partial charge in [-0.3, -0.25) is 0 Å². The normalized spacial score (nSPS) is 9.72. The van der Waals surface area contributed by atoms with E-state index in [9.17, 15) is 178 Å². The molecule has 0 aromatic rings. The quantitative estimate of drug-likeness (QED) is 0.0364. The van der Waals surface area contributed by atoms with Crippen LogP contribution in [0, 0.1) is 0 Å². The van der Waals surface area contributed by atoms with Gasteiger partial charge in [0.1, 0.15) is 33.6 Å². The van der Waals surface area contributed by atoms with E-state index in [1.165, 1.54) is 0 Å². The number of carboxylic acids is 18. The van der Waals surface area contributed by atoms with E-state index in [-0.39, 0.29) is 207 Å². The first-order chi connectivity index (χ1) is 34.7. The van der Waals surface area contributed by atoms with Crippen LogP contribution < -0.4 is 91.9 Å². The Hall–Kier alpha value is -2.88. The Balaban J connectivity index is -0.0000000539. The summed E-state index contributed by atoms with van der Waals surface area (Å²) < 4.78 is 0. The number of carbonyl (C=O) groups excluding carboxylic acids is 18. The van der Waals surface area contributed by atoms with E-state index >= 15 is 0 Å². The van der Waals surface area contributed by atoms with Crippen molar-refractivity contribution < 1.29 is 209 Å². The van der Waals surface area contributed by atoms with E-state index in [1.807, 2.05) is 0 Å². The molecule has 0 aliphatic carbocycles. The maximum absolute atomic E-state index is 10.1. The van der Waals surface area contributed by atoms with Crippen LogP contribution in [0.15, 0.2) is 0 Å². The molecule has 6 N–H and O–H groups in total. The van der Waals surface area contributed by atoms with Crippen molar-refractivity contribution in [3.63, 3.8) is 0 Å². The summed E-state index contributed by atoms with van der Waals surface area (Å²) in [5.41, 5.74) is -17.8. The SMILES string of the molecule is O=C([O-])CC(O)(CC(=O)[O-])C(=O)[O-].O=C([O-])CC(O)(CC(=O)[O-])C(=O)[O-].O=C([O-])CC(O)(CC(=O)[O-])C(=O)[O-].O=C([O-])CC(O)(CC(=O)[O-])C(=O)[O-].O=C([O-])CC(O)(CC(=O)[O-])C(=O)[O-].O=C([O-])CC(O)(CC(=O)[O-])C(=O)[O-].[Mg+2].[Mg+2].[Mg+2].[Mg+2].[Mg+2].[Mg+2].[Mg+2].[Mg+2].[Mg+2]. The summed E-state index contributed by atoms with van der Waals surface area (Å²) in [6.07, 6.45) is -16.3. The molecular weight excluding hydrogens is 1320 g/mol. The second-order valence-corrected chi connectivity index (χ2v) is 14.5. The van der Waals surface area contributed by atoms with E-state index in [4.69, 9.17) is 30.6 Å². The van der Waals surface area contributed by atoms with E-state index in [1.54, 1.807) is 0 Å². The van der Waals surface area contributed by atoms with Crippen LogP contribution >= 0.6 is 0 Å². The van der Waals surface area contributed by atoms with Crippen LogP contribution in [0.5, 0.6) is 0 Å². The van der Waals surface area contributed by atoms with Crippen molar-refractivity contribution in [2.75, 3.05) is 0 Å². The average Bonchev–Trinajstić information content (AvgIpc) is 3.15. The van der Waals surface area contributed by atoms with Crippen molar-refractivity contribution >= 4 is 315 Å². The first-order valence-corrected chi connectivity index (χ1v) is 18.7. The van der Waals surface area contributed by atoms with E-state index in [0.29, 0.717) is 0 Å². The van der Waals surface area contributed by atoms with Crippen molar-refractivity contribution in [3.8, 4) is 0 Å². The molecule has 0 aromatic heterocycles. The van der Waals surface area contributed by atoms with Crippen molar-refractivity contribution in [1.82, 2.24) is 0 Å². The molecule has 0 saturated heterocycles. The van der Waals surface area contributed by atoms with Crippen molar-refractivity contribution in [1.29, 1.82) is 0 Å². The molecule has 0 spiro atoms. The Morgan fingerprint density at radius 1 is 0.161 bits per heavy atom. The summed E-state index contributed by atoms with van der Waals surface area (Å²) in [6.45, 7) is 0. The maximum atomic E-state index is 10.1. The van der Waals surface area contributed by atoms with E-state index in [0.717, 1.165) is 0 Å². The monoisotopic (exact) mass is 1350 g/mol. The zero-order valence-electron chi connectivity index (χ0n) is 44.2. The smallest absolute Gasteiger partial charge is 0.550 e. The molecule has 0 rings (SSSR count). The summed E-state index contributed by atoms with van der Waals surface area (Å²) in [7, 11) is 0. The Morgan fingerprint density at radius 2 is 0.207 bits per heavy atom. The van der Waals surface area contributed by atoms with E-state index < -0.39 is 218 Å². The molecule has 0 fully saturated rings. The van der Waals surface area contributed by atoms with Gasteiger partial charge in [-0.15, -0.1) is 0 Å². The summed E-state index contributed by atoms with van der Waals surface area (Å²) >= 11 is 0. The predicted octanol–water partition coefficient (Wildman–Crippen LogP) is -34.9. The van der Waals surface area contributed by atoms with Crippen LogP contribution in [-0.4, -0.2) is 379 Å². The molecule has 0 aliphatic rings. The third kappa shape index (κ3) is 63.1. The van der Waals surface area contributed by atoms with Crippen molar-refractivity contribution in [3.05, 3.63) is 0 Å². The minimum atomic E-state index is -2.97. The Morgan fingerprint density at radius 3 is 0.230 bits per heavy atom. The third-order valence-electron chi connectivity index (χ3n) is 7.52. The largest absolute Gasteiger partial charge is 2.00 e. The molecule has 51 heteroatoms. The second-order valence-electron chi connectivity index (χ2n) is 14.5. The van der Waals surface area contributed by atoms with Crippen LogP contribution in [0.25, 0.3) is 0 Å². The molecule has 0 bridgehead atoms. The number of aliphatic carboxylic acids is 18. The standard InChI is InChI=1S/6C6H8O7.9Mg/c6*7-3(8)1-6(13,5(11)12)2-4(9)10;;;;;;;;;/h6*13H,1-2H2,(H,7,8)(H,9,10)(H,11,12);;;;;;;;;/q;;;;;;9*+2/p-18. The van der Waals surface area contributed by atoms with Gasteiger partial charge in [-0.1, -0.05) is 0 Å². The van der Waals surface area contributed by atoms with Crippen molar-refractivity contribution in [2.24, 2.45) is 0 Å². The molecule has 444 valence electrons. The Kier molecular flexibility index (Phi) is 79.8. The van der Waals surface area contributed by atoms with Crippen LogP contribution in [-0.2, 0) is 86.3 Å². The number of carboxylic acid groups (broad SMARTS) is 18. The first-order valence-electron chi connectivity index (χ1n) is 18.7. The number of aliphatic hydroxyl groups is 6. The second kappa shape index (κ2) is 57.0. The molecule has 0 amide bonds. The third-order valence-corrected chi connectivity index (χ3v) is 7.52. The van der Waals surface area contributed by atoms with Gasteiger partial charge in [0.2, 0.25) is 0 Å². The predicted molar refractivity (Wildman–Crippen MR) is 227 cm³/mol. The molecule has 0 radical (unpaired) electrons. The zero-order valence-corrected chi connectivity index (χ0v) is 57.0. The van der Waals surface area contributed by atoms with Gasteiger partial charge >= 0.3 is 207 Å². The average molecular weight is 1350 g/mol. The number of carbonyl (C=O) groups is 18. The number of hydrogen-bond donors (Lipinski definition) is 6. The molecular formula is C36H30Mg9O42. The summed E-state index contributed by atoms with van der Waals surface area (Å²) in [5, 5.41) is 234. The minimum absolute atomic E-state index is 0.